The van der Waals surface area contributed by atoms with E-state index in [0.29, 0.717) is 23.4 Å². The van der Waals surface area contributed by atoms with E-state index < -0.39 is 17.9 Å². The molecule has 1 aliphatic heterocycles. The number of carbonyl (C=O) groups is 4. The van der Waals surface area contributed by atoms with Gasteiger partial charge >= 0.3 is 11.9 Å². The van der Waals surface area contributed by atoms with Gasteiger partial charge in [0.2, 0.25) is 5.91 Å². The Morgan fingerprint density at radius 2 is 1.68 bits per heavy atom. The number of unbranched alkanes of at least 4 members (excludes halogenated alkanes) is 1. The summed E-state index contributed by atoms with van der Waals surface area (Å²) >= 11 is 0. The molecular formula is C24H25NO6. The summed E-state index contributed by atoms with van der Waals surface area (Å²) in [6.45, 7) is 2.19. The molecule has 1 saturated heterocycles. The molecule has 1 aliphatic rings. The first-order valence-electron chi connectivity index (χ1n) is 10.3. The fourth-order valence-corrected chi connectivity index (χ4v) is 3.25. The van der Waals surface area contributed by atoms with Crippen molar-refractivity contribution in [2.75, 3.05) is 24.7 Å². The third-order valence-corrected chi connectivity index (χ3v) is 5.05. The van der Waals surface area contributed by atoms with Crippen LogP contribution in [0.3, 0.4) is 0 Å². The Labute approximate surface area is 180 Å². The summed E-state index contributed by atoms with van der Waals surface area (Å²) in [6.07, 6.45) is 1.76. The molecule has 0 bridgehead atoms. The summed E-state index contributed by atoms with van der Waals surface area (Å²) in [4.78, 5) is 50.3. The molecule has 1 atom stereocenters. The van der Waals surface area contributed by atoms with Crippen LogP contribution in [-0.4, -0.2) is 43.4 Å². The van der Waals surface area contributed by atoms with Gasteiger partial charge in [0.25, 0.3) is 0 Å². The smallest absolute Gasteiger partial charge is 0.338 e. The zero-order valence-electron chi connectivity index (χ0n) is 17.4. The summed E-state index contributed by atoms with van der Waals surface area (Å²) in [7, 11) is 0. The topological polar surface area (TPSA) is 90.0 Å². The molecule has 31 heavy (non-hydrogen) atoms. The monoisotopic (exact) mass is 423 g/mol. The molecule has 0 aromatic heterocycles. The number of amides is 1. The summed E-state index contributed by atoms with van der Waals surface area (Å²) < 4.78 is 10.3. The van der Waals surface area contributed by atoms with E-state index in [1.54, 1.807) is 54.6 Å². The number of Topliss-reactive ketones (excluding diaryl/α,β-unsaturated/α-hetero) is 1. The van der Waals surface area contributed by atoms with E-state index in [-0.39, 0.29) is 31.3 Å². The summed E-state index contributed by atoms with van der Waals surface area (Å²) in [5.41, 5.74) is 1.46. The van der Waals surface area contributed by atoms with Crippen LogP contribution < -0.4 is 4.90 Å². The van der Waals surface area contributed by atoms with Crippen LogP contribution >= 0.6 is 0 Å². The average Bonchev–Trinajstić information content (AvgIpc) is 3.19. The van der Waals surface area contributed by atoms with Crippen LogP contribution in [0.5, 0.6) is 0 Å². The molecule has 7 heteroatoms. The van der Waals surface area contributed by atoms with Crippen LogP contribution in [0.25, 0.3) is 0 Å². The van der Waals surface area contributed by atoms with Gasteiger partial charge in [0.1, 0.15) is 0 Å². The minimum Gasteiger partial charge on any atom is -0.462 e. The number of esters is 2. The van der Waals surface area contributed by atoms with Gasteiger partial charge in [-0.05, 0) is 30.7 Å². The van der Waals surface area contributed by atoms with Crippen LogP contribution in [0.2, 0.25) is 0 Å². The number of hydrogen-bond acceptors (Lipinski definition) is 6. The Morgan fingerprint density at radius 1 is 0.968 bits per heavy atom. The van der Waals surface area contributed by atoms with E-state index >= 15 is 0 Å². The average molecular weight is 423 g/mol. The highest BCUT2D eigenvalue weighted by Crippen LogP contribution is 2.26. The Bertz CT molecular complexity index is 938. The third kappa shape index (κ3) is 5.78. The van der Waals surface area contributed by atoms with Crippen molar-refractivity contribution in [1.29, 1.82) is 0 Å². The predicted octanol–water partition coefficient (Wildman–Crippen LogP) is 3.42. The van der Waals surface area contributed by atoms with Gasteiger partial charge in [0.15, 0.2) is 12.4 Å². The molecule has 0 spiro atoms. The SMILES string of the molecule is CCCCOC(=O)c1ccc(N2C[C@@H](C(=O)OCC(=O)c3ccccc3)CC2=O)cc1. The van der Waals surface area contributed by atoms with Crippen LogP contribution in [0.1, 0.15) is 46.9 Å². The van der Waals surface area contributed by atoms with E-state index in [9.17, 15) is 19.2 Å². The number of ketones is 1. The number of benzene rings is 2. The highest BCUT2D eigenvalue weighted by molar-refractivity contribution is 6.01. The highest BCUT2D eigenvalue weighted by Gasteiger charge is 2.36. The van der Waals surface area contributed by atoms with Crippen molar-refractivity contribution in [1.82, 2.24) is 0 Å². The van der Waals surface area contributed by atoms with Gasteiger partial charge in [0, 0.05) is 24.2 Å². The number of anilines is 1. The molecule has 0 N–H and O–H groups in total. The zero-order valence-corrected chi connectivity index (χ0v) is 17.4. The molecule has 0 radical (unpaired) electrons. The zero-order chi connectivity index (χ0) is 22.2. The van der Waals surface area contributed by atoms with Crippen LogP contribution in [0, 0.1) is 5.92 Å². The lowest BCUT2D eigenvalue weighted by Crippen LogP contribution is -2.27. The van der Waals surface area contributed by atoms with E-state index in [1.807, 2.05) is 6.92 Å². The third-order valence-electron chi connectivity index (χ3n) is 5.05. The second-order valence-corrected chi connectivity index (χ2v) is 7.34. The Balaban J connectivity index is 1.54. The number of hydrogen-bond donors (Lipinski definition) is 0. The Hall–Kier alpha value is -3.48. The molecular weight excluding hydrogens is 398 g/mol. The van der Waals surface area contributed by atoms with Crippen LogP contribution in [0.4, 0.5) is 5.69 Å². The first kappa shape index (κ1) is 22.2. The van der Waals surface area contributed by atoms with Gasteiger partial charge in [-0.25, -0.2) is 4.79 Å². The maximum absolute atomic E-state index is 12.4. The van der Waals surface area contributed by atoms with E-state index in [1.165, 1.54) is 4.90 Å². The van der Waals surface area contributed by atoms with E-state index in [4.69, 9.17) is 9.47 Å². The quantitative estimate of drug-likeness (QED) is 0.349. The standard InChI is InChI=1S/C24H25NO6/c1-2-3-13-30-23(28)18-9-11-20(12-10-18)25-15-19(14-22(25)27)24(29)31-16-21(26)17-7-5-4-6-8-17/h4-12,19H,2-3,13-16H2,1H3/t19-/m0/s1. The fourth-order valence-electron chi connectivity index (χ4n) is 3.25. The second-order valence-electron chi connectivity index (χ2n) is 7.34. The lowest BCUT2D eigenvalue weighted by molar-refractivity contribution is -0.147. The fraction of sp³-hybridized carbons (Fsp3) is 0.333. The Kier molecular flexibility index (Phi) is 7.54. The number of ether oxygens (including phenoxy) is 2. The minimum atomic E-state index is -0.644. The molecule has 1 fully saturated rings. The molecule has 1 amide bonds. The lowest BCUT2D eigenvalue weighted by atomic mass is 10.1. The molecule has 3 rings (SSSR count). The van der Waals surface area contributed by atoms with Gasteiger partial charge in [-0.1, -0.05) is 43.7 Å². The van der Waals surface area contributed by atoms with E-state index in [0.717, 1.165) is 12.8 Å². The maximum Gasteiger partial charge on any atom is 0.338 e. The summed E-state index contributed by atoms with van der Waals surface area (Å²) in [5, 5.41) is 0. The van der Waals surface area contributed by atoms with Crippen LogP contribution in [-0.2, 0) is 19.1 Å². The van der Waals surface area contributed by atoms with Crippen molar-refractivity contribution < 1.29 is 28.7 Å². The first-order valence-corrected chi connectivity index (χ1v) is 10.3. The largest absolute Gasteiger partial charge is 0.462 e. The molecule has 2 aromatic carbocycles. The van der Waals surface area contributed by atoms with Crippen LogP contribution in [0.15, 0.2) is 54.6 Å². The minimum absolute atomic E-state index is 0.0131. The first-order chi connectivity index (χ1) is 15.0. The van der Waals surface area contributed by atoms with Crippen molar-refractivity contribution in [3.8, 4) is 0 Å². The van der Waals surface area contributed by atoms with Gasteiger partial charge in [0.05, 0.1) is 18.1 Å². The van der Waals surface area contributed by atoms with Crippen molar-refractivity contribution in [2.45, 2.75) is 26.2 Å². The van der Waals surface area contributed by atoms with Crippen molar-refractivity contribution in [3.63, 3.8) is 0 Å². The summed E-state index contributed by atoms with van der Waals surface area (Å²) in [6, 6.07) is 15.1. The van der Waals surface area contributed by atoms with Gasteiger partial charge in [-0.15, -0.1) is 0 Å². The molecule has 0 saturated carbocycles. The van der Waals surface area contributed by atoms with Crippen molar-refractivity contribution in [3.05, 3.63) is 65.7 Å². The molecule has 2 aromatic rings. The predicted molar refractivity (Wildman–Crippen MR) is 114 cm³/mol. The van der Waals surface area contributed by atoms with Crippen molar-refractivity contribution in [2.24, 2.45) is 5.92 Å². The second kappa shape index (κ2) is 10.5. The number of carbonyl (C=O) groups excluding carboxylic acids is 4. The maximum atomic E-state index is 12.4. The highest BCUT2D eigenvalue weighted by atomic mass is 16.5. The summed E-state index contributed by atoms with van der Waals surface area (Å²) in [5.74, 6) is -2.13. The number of rotatable bonds is 9. The molecule has 7 nitrogen and oxygen atoms in total. The number of nitrogens with zero attached hydrogens (tertiary/aromatic N) is 1. The normalized spacial score (nSPS) is 15.6. The molecule has 0 unspecified atom stereocenters. The molecule has 0 aliphatic carbocycles. The van der Waals surface area contributed by atoms with Gasteiger partial charge in [-0.2, -0.15) is 0 Å². The van der Waals surface area contributed by atoms with E-state index in [2.05, 4.69) is 0 Å². The molecule has 1 heterocycles. The Morgan fingerprint density at radius 3 is 2.35 bits per heavy atom. The van der Waals surface area contributed by atoms with Gasteiger partial charge in [-0.3, -0.25) is 14.4 Å². The molecule has 162 valence electrons. The van der Waals surface area contributed by atoms with Crippen molar-refractivity contribution >= 4 is 29.3 Å². The van der Waals surface area contributed by atoms with Gasteiger partial charge < -0.3 is 14.4 Å². The lowest BCUT2D eigenvalue weighted by Gasteiger charge is -2.17.